The van der Waals surface area contributed by atoms with Crippen LogP contribution in [-0.4, -0.2) is 28.8 Å². The number of halogens is 1. The summed E-state index contributed by atoms with van der Waals surface area (Å²) in [6.45, 7) is 6.08. The molecule has 9 heteroatoms. The largest absolute Gasteiger partial charge is 0.497 e. The number of carbonyl (C=O) groups is 1. The lowest BCUT2D eigenvalue weighted by Gasteiger charge is -2.26. The smallest absolute Gasteiger partial charge is 0.338 e. The van der Waals surface area contributed by atoms with Crippen molar-refractivity contribution >= 4 is 51.7 Å². The van der Waals surface area contributed by atoms with Gasteiger partial charge in [-0.05, 0) is 103 Å². The van der Waals surface area contributed by atoms with E-state index in [1.54, 1.807) is 18.6 Å². The second-order valence-corrected chi connectivity index (χ2v) is 12.6. The van der Waals surface area contributed by atoms with Gasteiger partial charge in [-0.2, -0.15) is 0 Å². The average Bonchev–Trinajstić information content (AvgIpc) is 3.50. The average molecular weight is 716 g/mol. The third-order valence-electron chi connectivity index (χ3n) is 7.65. The Morgan fingerprint density at radius 2 is 1.73 bits per heavy atom. The molecule has 6 rings (SSSR count). The predicted octanol–water partition coefficient (Wildman–Crippen LogP) is 5.96. The molecule has 3 heterocycles. The minimum atomic E-state index is -0.743. The van der Waals surface area contributed by atoms with Gasteiger partial charge in [-0.1, -0.05) is 53.8 Å². The Balaban J connectivity index is 1.59. The Labute approximate surface area is 272 Å². The van der Waals surface area contributed by atoms with Crippen molar-refractivity contribution in [3.8, 4) is 11.4 Å². The number of carbonyl (C=O) groups excluding carboxylic acids is 1. The molecule has 1 aliphatic rings. The van der Waals surface area contributed by atoms with Crippen LogP contribution in [0, 0.1) is 17.4 Å². The molecule has 0 aliphatic carbocycles. The van der Waals surface area contributed by atoms with Crippen LogP contribution >= 0.6 is 33.9 Å². The third kappa shape index (κ3) is 5.46. The van der Waals surface area contributed by atoms with Gasteiger partial charge in [0.25, 0.3) is 5.56 Å². The summed E-state index contributed by atoms with van der Waals surface area (Å²) in [6, 6.07) is 26.7. The molecule has 2 aromatic heterocycles. The maximum atomic E-state index is 14.3. The van der Waals surface area contributed by atoms with Crippen LogP contribution in [-0.2, 0) is 9.53 Å². The van der Waals surface area contributed by atoms with Crippen molar-refractivity contribution in [3.05, 3.63) is 142 Å². The van der Waals surface area contributed by atoms with E-state index in [-0.39, 0.29) is 12.2 Å². The molecule has 0 spiro atoms. The molecular formula is C35H30IN3O4S. The van der Waals surface area contributed by atoms with Gasteiger partial charge in [0.1, 0.15) is 5.75 Å². The molecule has 3 aromatic carbocycles. The molecule has 0 bridgehead atoms. The first-order chi connectivity index (χ1) is 21.3. The summed E-state index contributed by atoms with van der Waals surface area (Å²) in [5.41, 5.74) is 6.21. The van der Waals surface area contributed by atoms with Crippen LogP contribution in [0.5, 0.6) is 5.75 Å². The van der Waals surface area contributed by atoms with E-state index in [1.807, 2.05) is 60.7 Å². The van der Waals surface area contributed by atoms with Crippen LogP contribution < -0.4 is 19.6 Å². The van der Waals surface area contributed by atoms with E-state index in [4.69, 9.17) is 14.5 Å². The topological polar surface area (TPSA) is 74.8 Å². The third-order valence-corrected chi connectivity index (χ3v) is 9.35. The number of aryl methyl sites for hydroxylation is 1. The van der Waals surface area contributed by atoms with Gasteiger partial charge in [-0.3, -0.25) is 9.36 Å². The van der Waals surface area contributed by atoms with Crippen LogP contribution in [0.3, 0.4) is 0 Å². The number of hydrogen-bond donors (Lipinski definition) is 0. The number of ether oxygens (including phenoxy) is 2. The summed E-state index contributed by atoms with van der Waals surface area (Å²) in [6.07, 6.45) is 1.93. The summed E-state index contributed by atoms with van der Waals surface area (Å²) < 4.78 is 16.5. The van der Waals surface area contributed by atoms with Gasteiger partial charge in [0.05, 0.1) is 35.6 Å². The first-order valence-electron chi connectivity index (χ1n) is 14.2. The van der Waals surface area contributed by atoms with Crippen molar-refractivity contribution in [1.82, 2.24) is 9.13 Å². The van der Waals surface area contributed by atoms with Crippen LogP contribution in [0.4, 0.5) is 0 Å². The molecule has 222 valence electrons. The maximum absolute atomic E-state index is 14.3. The van der Waals surface area contributed by atoms with E-state index < -0.39 is 12.0 Å². The van der Waals surface area contributed by atoms with E-state index >= 15 is 0 Å². The van der Waals surface area contributed by atoms with Crippen LogP contribution in [0.1, 0.15) is 41.0 Å². The number of nitrogens with zero attached hydrogens (tertiary/aromatic N) is 3. The number of methoxy groups -OCH3 is 1. The number of aromatic nitrogens is 2. The fraction of sp³-hybridized carbons (Fsp3) is 0.171. The fourth-order valence-corrected chi connectivity index (χ4v) is 6.96. The summed E-state index contributed by atoms with van der Waals surface area (Å²) in [5.74, 6) is 0.167. The number of benzene rings is 3. The van der Waals surface area contributed by atoms with Crippen molar-refractivity contribution in [3.63, 3.8) is 0 Å². The zero-order chi connectivity index (χ0) is 31.0. The molecule has 0 saturated heterocycles. The lowest BCUT2D eigenvalue weighted by atomic mass is 9.93. The highest BCUT2D eigenvalue weighted by Gasteiger charge is 2.35. The number of thiazole rings is 1. The molecule has 44 heavy (non-hydrogen) atoms. The SMILES string of the molecule is CCOC(=O)C1=C(c2ccccc2)N=c2s/c(=C\c3cc(C)n(-c4ccc(I)cc4)c3C)c(=O)n2[C@H]1c1ccc(OC)cc1. The summed E-state index contributed by atoms with van der Waals surface area (Å²) in [4.78, 5) is 33.4. The lowest BCUT2D eigenvalue weighted by molar-refractivity contribution is -0.138. The fourth-order valence-electron chi connectivity index (χ4n) is 5.60. The molecule has 0 amide bonds. The van der Waals surface area contributed by atoms with Gasteiger partial charge in [0.15, 0.2) is 4.80 Å². The molecule has 0 radical (unpaired) electrons. The Kier molecular flexibility index (Phi) is 8.42. The van der Waals surface area contributed by atoms with Crippen LogP contribution in [0.2, 0.25) is 0 Å². The molecule has 0 unspecified atom stereocenters. The number of hydrogen-bond acceptors (Lipinski definition) is 6. The normalized spacial score (nSPS) is 14.8. The highest BCUT2D eigenvalue weighted by molar-refractivity contribution is 14.1. The molecule has 0 fully saturated rings. The van der Waals surface area contributed by atoms with E-state index in [9.17, 15) is 9.59 Å². The summed E-state index contributed by atoms with van der Waals surface area (Å²) in [5, 5.41) is 0. The Hall–Kier alpha value is -4.22. The first-order valence-corrected chi connectivity index (χ1v) is 16.1. The standard InChI is InChI=1S/C35H30IN3O4S/c1-5-43-34(41)30-31(23-9-7-6-8-10-23)37-35-39(32(30)24-11-17-28(42-4)18-12-24)33(40)29(44-35)20-25-19-21(2)38(22(25)3)27-15-13-26(36)14-16-27/h6-20,32H,5H2,1-4H3/b29-20-/t32-/m0/s1. The van der Waals surface area contributed by atoms with Crippen molar-refractivity contribution in [2.75, 3.05) is 13.7 Å². The Morgan fingerprint density at radius 1 is 1.02 bits per heavy atom. The lowest BCUT2D eigenvalue weighted by Crippen LogP contribution is -2.40. The first kappa shape index (κ1) is 29.8. The molecular weight excluding hydrogens is 685 g/mol. The van der Waals surface area contributed by atoms with E-state index in [2.05, 4.69) is 71.3 Å². The summed E-state index contributed by atoms with van der Waals surface area (Å²) >= 11 is 3.62. The molecule has 1 atom stereocenters. The maximum Gasteiger partial charge on any atom is 0.338 e. The number of fused-ring (bicyclic) bond motifs is 1. The second-order valence-electron chi connectivity index (χ2n) is 10.3. The van der Waals surface area contributed by atoms with Crippen LogP contribution in [0.25, 0.3) is 17.5 Å². The van der Waals surface area contributed by atoms with Crippen molar-refractivity contribution < 1.29 is 14.3 Å². The molecule has 7 nitrogen and oxygen atoms in total. The van der Waals surface area contributed by atoms with Gasteiger partial charge < -0.3 is 14.0 Å². The quantitative estimate of drug-likeness (QED) is 0.154. The predicted molar refractivity (Wildman–Crippen MR) is 182 cm³/mol. The van der Waals surface area contributed by atoms with Crippen molar-refractivity contribution in [2.45, 2.75) is 26.8 Å². The van der Waals surface area contributed by atoms with Gasteiger partial charge in [-0.15, -0.1) is 0 Å². The zero-order valence-electron chi connectivity index (χ0n) is 24.7. The molecule has 5 aromatic rings. The monoisotopic (exact) mass is 715 g/mol. The highest BCUT2D eigenvalue weighted by Crippen LogP contribution is 2.35. The number of esters is 1. The zero-order valence-corrected chi connectivity index (χ0v) is 27.7. The Bertz CT molecular complexity index is 2070. The minimum Gasteiger partial charge on any atom is -0.497 e. The minimum absolute atomic E-state index is 0.195. The van der Waals surface area contributed by atoms with Gasteiger partial charge in [0, 0.05) is 26.2 Å². The van der Waals surface area contributed by atoms with Crippen LogP contribution in [0.15, 0.2) is 100 Å². The van der Waals surface area contributed by atoms with Crippen molar-refractivity contribution in [1.29, 1.82) is 0 Å². The van der Waals surface area contributed by atoms with Gasteiger partial charge in [-0.25, -0.2) is 9.79 Å². The van der Waals surface area contributed by atoms with E-state index in [1.165, 1.54) is 14.9 Å². The second kappa shape index (κ2) is 12.4. The van der Waals surface area contributed by atoms with Crippen molar-refractivity contribution in [2.24, 2.45) is 4.99 Å². The number of rotatable bonds is 7. The Morgan fingerprint density at radius 3 is 2.39 bits per heavy atom. The molecule has 0 saturated carbocycles. The van der Waals surface area contributed by atoms with E-state index in [0.29, 0.717) is 26.4 Å². The summed E-state index contributed by atoms with van der Waals surface area (Å²) in [7, 11) is 1.60. The van der Waals surface area contributed by atoms with E-state index in [0.717, 1.165) is 33.8 Å². The van der Waals surface area contributed by atoms with Gasteiger partial charge in [0.2, 0.25) is 0 Å². The highest BCUT2D eigenvalue weighted by atomic mass is 127. The molecule has 0 N–H and O–H groups in total. The molecule has 1 aliphatic heterocycles. The van der Waals surface area contributed by atoms with Gasteiger partial charge >= 0.3 is 5.97 Å².